The molecule has 4 aromatic carbocycles. The van der Waals surface area contributed by atoms with E-state index in [0.29, 0.717) is 0 Å². The van der Waals surface area contributed by atoms with Gasteiger partial charge in [0.1, 0.15) is 0 Å². The summed E-state index contributed by atoms with van der Waals surface area (Å²) in [5.74, 6) is 0. The van der Waals surface area contributed by atoms with Crippen molar-refractivity contribution in [2.24, 2.45) is 0 Å². The Kier molecular flexibility index (Phi) is 3.89. The molecule has 1 aliphatic carbocycles. The van der Waals surface area contributed by atoms with E-state index in [4.69, 9.17) is 0 Å². The Balaban J connectivity index is 1.99. The van der Waals surface area contributed by atoms with Gasteiger partial charge in [-0.2, -0.15) is 0 Å². The predicted octanol–water partition coefficient (Wildman–Crippen LogP) is 6.61. The van der Waals surface area contributed by atoms with Crippen LogP contribution in [0.1, 0.15) is 22.3 Å². The first-order chi connectivity index (χ1) is 13.4. The van der Waals surface area contributed by atoms with Crippen molar-refractivity contribution in [3.8, 4) is 11.1 Å². The van der Waals surface area contributed by atoms with Gasteiger partial charge in [0, 0.05) is 22.5 Å². The molecule has 0 bridgehead atoms. The van der Waals surface area contributed by atoms with Crippen LogP contribution >= 0.6 is 12.0 Å². The third kappa shape index (κ3) is 2.24. The topological polar surface area (TPSA) is 20.2 Å². The second-order valence-electron chi connectivity index (χ2n) is 6.80. The molecule has 130 valence electrons. The Bertz CT molecular complexity index is 1060. The summed E-state index contributed by atoms with van der Waals surface area (Å²) in [6.45, 7) is 0. The van der Waals surface area contributed by atoms with Crippen LogP contribution in [-0.2, 0) is 5.41 Å². The van der Waals surface area contributed by atoms with Gasteiger partial charge < -0.3 is 4.55 Å². The average molecular weight is 366 g/mol. The maximum Gasteiger partial charge on any atom is 0.0713 e. The summed E-state index contributed by atoms with van der Waals surface area (Å²) in [4.78, 5) is 0.897. The summed E-state index contributed by atoms with van der Waals surface area (Å²) in [6, 6.07) is 36.2. The summed E-state index contributed by atoms with van der Waals surface area (Å²) in [7, 11) is 0. The number of hydrogen-bond acceptors (Lipinski definition) is 2. The molecule has 1 nitrogen and oxygen atoms in total. The number of fused-ring (bicyclic) bond motifs is 3. The van der Waals surface area contributed by atoms with Crippen LogP contribution in [0.5, 0.6) is 0 Å². The third-order valence-corrected chi connectivity index (χ3v) is 6.08. The lowest BCUT2D eigenvalue weighted by atomic mass is 9.68. The van der Waals surface area contributed by atoms with Gasteiger partial charge in [0.25, 0.3) is 0 Å². The minimum absolute atomic E-state index is 0.389. The van der Waals surface area contributed by atoms with Crippen LogP contribution in [0.25, 0.3) is 11.1 Å². The molecule has 0 atom stereocenters. The number of benzene rings is 4. The normalized spacial score (nSPS) is 13.8. The molecule has 0 heterocycles. The zero-order chi connectivity index (χ0) is 18.3. The summed E-state index contributed by atoms with van der Waals surface area (Å²) < 4.78 is 9.96. The molecule has 1 aliphatic rings. The van der Waals surface area contributed by atoms with Gasteiger partial charge in [0.15, 0.2) is 0 Å². The highest BCUT2D eigenvalue weighted by atomic mass is 32.2. The second kappa shape index (κ2) is 6.41. The molecule has 0 spiro atoms. The minimum atomic E-state index is -0.389. The molecule has 0 saturated carbocycles. The maximum absolute atomic E-state index is 9.96. The van der Waals surface area contributed by atoms with Gasteiger partial charge in [-0.15, -0.1) is 0 Å². The van der Waals surface area contributed by atoms with Gasteiger partial charge in [-0.3, -0.25) is 0 Å². The fourth-order valence-electron chi connectivity index (χ4n) is 4.54. The van der Waals surface area contributed by atoms with Gasteiger partial charge in [0.2, 0.25) is 0 Å². The lowest BCUT2D eigenvalue weighted by molar-refractivity contribution is 0.664. The zero-order valence-corrected chi connectivity index (χ0v) is 15.5. The van der Waals surface area contributed by atoms with Crippen LogP contribution < -0.4 is 0 Å². The van der Waals surface area contributed by atoms with Crippen molar-refractivity contribution < 1.29 is 4.55 Å². The molecule has 0 aromatic heterocycles. The molecule has 0 unspecified atom stereocenters. The van der Waals surface area contributed by atoms with Crippen LogP contribution in [0.15, 0.2) is 108 Å². The van der Waals surface area contributed by atoms with Crippen molar-refractivity contribution >= 4 is 12.0 Å². The van der Waals surface area contributed by atoms with E-state index in [-0.39, 0.29) is 5.41 Å². The Morgan fingerprint density at radius 2 is 1.11 bits per heavy atom. The molecule has 0 aliphatic heterocycles. The quantitative estimate of drug-likeness (QED) is 0.362. The van der Waals surface area contributed by atoms with E-state index in [0.717, 1.165) is 22.5 Å². The lowest BCUT2D eigenvalue weighted by Gasteiger charge is -2.33. The van der Waals surface area contributed by atoms with E-state index in [9.17, 15) is 4.55 Å². The number of hydrogen-bond donors (Lipinski definition) is 1. The molecule has 27 heavy (non-hydrogen) atoms. The van der Waals surface area contributed by atoms with Crippen molar-refractivity contribution in [1.82, 2.24) is 0 Å². The maximum atomic E-state index is 9.96. The SMILES string of the molecule is OSc1cccc2c1-c1ccccc1C2(c1ccccc1)c1ccccc1. The highest BCUT2D eigenvalue weighted by Gasteiger charge is 2.46. The van der Waals surface area contributed by atoms with Gasteiger partial charge >= 0.3 is 0 Å². The van der Waals surface area contributed by atoms with E-state index in [1.807, 2.05) is 12.1 Å². The minimum Gasteiger partial charge on any atom is -0.325 e. The summed E-state index contributed by atoms with van der Waals surface area (Å²) in [5.41, 5.74) is 6.90. The molecule has 0 radical (unpaired) electrons. The first-order valence-corrected chi connectivity index (χ1v) is 9.80. The molecule has 0 fully saturated rings. The van der Waals surface area contributed by atoms with Crippen LogP contribution in [0, 0.1) is 0 Å². The van der Waals surface area contributed by atoms with Crippen molar-refractivity contribution in [1.29, 1.82) is 0 Å². The van der Waals surface area contributed by atoms with Crippen molar-refractivity contribution in [3.05, 3.63) is 125 Å². The Labute approximate surface area is 163 Å². The van der Waals surface area contributed by atoms with Crippen LogP contribution in [0.2, 0.25) is 0 Å². The van der Waals surface area contributed by atoms with E-state index >= 15 is 0 Å². The van der Waals surface area contributed by atoms with Crippen LogP contribution in [-0.4, -0.2) is 4.55 Å². The van der Waals surface area contributed by atoms with Gasteiger partial charge in [0.05, 0.1) is 5.41 Å². The molecule has 0 saturated heterocycles. The van der Waals surface area contributed by atoms with E-state index in [1.54, 1.807) is 0 Å². The predicted molar refractivity (Wildman–Crippen MR) is 112 cm³/mol. The van der Waals surface area contributed by atoms with E-state index in [2.05, 4.69) is 91.0 Å². The second-order valence-corrected chi connectivity index (χ2v) is 7.42. The van der Waals surface area contributed by atoms with Crippen LogP contribution in [0.4, 0.5) is 0 Å². The Morgan fingerprint density at radius 3 is 1.74 bits per heavy atom. The molecule has 2 heteroatoms. The fourth-order valence-corrected chi connectivity index (χ4v) is 4.99. The molecule has 0 amide bonds. The molecular formula is C25H18OS. The first-order valence-electron chi connectivity index (χ1n) is 9.03. The highest BCUT2D eigenvalue weighted by Crippen LogP contribution is 2.57. The summed E-state index contributed by atoms with van der Waals surface area (Å²) in [5, 5.41) is 0. The van der Waals surface area contributed by atoms with Gasteiger partial charge in [-0.05, 0) is 33.9 Å². The summed E-state index contributed by atoms with van der Waals surface area (Å²) >= 11 is 0.829. The monoisotopic (exact) mass is 366 g/mol. The first kappa shape index (κ1) is 16.4. The molecule has 5 rings (SSSR count). The van der Waals surface area contributed by atoms with Crippen molar-refractivity contribution in [3.63, 3.8) is 0 Å². The summed E-state index contributed by atoms with van der Waals surface area (Å²) in [6.07, 6.45) is 0. The van der Waals surface area contributed by atoms with Gasteiger partial charge in [-0.25, -0.2) is 0 Å². The fraction of sp³-hybridized carbons (Fsp3) is 0.0400. The molecule has 4 aromatic rings. The van der Waals surface area contributed by atoms with E-state index in [1.165, 1.54) is 27.8 Å². The average Bonchev–Trinajstić information content (AvgIpc) is 3.06. The molecular weight excluding hydrogens is 348 g/mol. The molecule has 1 N–H and O–H groups in total. The van der Waals surface area contributed by atoms with Crippen LogP contribution in [0.3, 0.4) is 0 Å². The highest BCUT2D eigenvalue weighted by molar-refractivity contribution is 7.94. The smallest absolute Gasteiger partial charge is 0.0713 e. The standard InChI is InChI=1S/C25H18OS/c26-27-23-17-9-16-22-24(23)20-14-7-8-15-21(20)25(22,18-10-3-1-4-11-18)19-12-5-2-6-13-19/h1-17,26H. The largest absolute Gasteiger partial charge is 0.325 e. The number of rotatable bonds is 3. The third-order valence-electron chi connectivity index (χ3n) is 5.54. The lowest BCUT2D eigenvalue weighted by Crippen LogP contribution is -2.28. The Hall–Kier alpha value is -2.81. The zero-order valence-electron chi connectivity index (χ0n) is 14.7. The van der Waals surface area contributed by atoms with Crippen molar-refractivity contribution in [2.75, 3.05) is 0 Å². The van der Waals surface area contributed by atoms with Gasteiger partial charge in [-0.1, -0.05) is 97.1 Å². The van der Waals surface area contributed by atoms with E-state index < -0.39 is 0 Å². The Morgan fingerprint density at radius 1 is 0.556 bits per heavy atom. The van der Waals surface area contributed by atoms with Crippen molar-refractivity contribution in [2.45, 2.75) is 10.3 Å².